The van der Waals surface area contributed by atoms with Gasteiger partial charge in [-0.25, -0.2) is 19.4 Å². The third-order valence-corrected chi connectivity index (χ3v) is 5.85. The molecule has 0 aliphatic heterocycles. The average molecular weight is 427 g/mol. The Balaban J connectivity index is 5.13. The molecule has 4 atom stereocenters. The van der Waals surface area contributed by atoms with Crippen LogP contribution in [0.1, 0.15) is 106 Å². The molecular formula is C24H42O6. The summed E-state index contributed by atoms with van der Waals surface area (Å²) < 4.78 is 0. The van der Waals surface area contributed by atoms with Gasteiger partial charge in [-0.3, -0.25) is 9.59 Å². The van der Waals surface area contributed by atoms with E-state index in [2.05, 4.69) is 0 Å². The van der Waals surface area contributed by atoms with Crippen LogP contribution in [0.4, 0.5) is 0 Å². The molecule has 174 valence electrons. The van der Waals surface area contributed by atoms with E-state index in [1.54, 1.807) is 13.8 Å². The molecular weight excluding hydrogens is 384 g/mol. The van der Waals surface area contributed by atoms with E-state index in [0.29, 0.717) is 25.7 Å². The first kappa shape index (κ1) is 28.3. The van der Waals surface area contributed by atoms with Crippen molar-refractivity contribution in [3.05, 3.63) is 0 Å². The maximum Gasteiger partial charge on any atom is 0.365 e. The number of rotatable bonds is 16. The lowest BCUT2D eigenvalue weighted by atomic mass is 9.88. The Morgan fingerprint density at radius 3 is 1.20 bits per heavy atom. The molecule has 0 amide bonds. The molecule has 0 aliphatic carbocycles. The Morgan fingerprint density at radius 2 is 0.933 bits per heavy atom. The third kappa shape index (κ3) is 9.86. The highest BCUT2D eigenvalue weighted by Crippen LogP contribution is 2.22. The van der Waals surface area contributed by atoms with Gasteiger partial charge < -0.3 is 0 Å². The van der Waals surface area contributed by atoms with E-state index in [-0.39, 0.29) is 23.4 Å². The summed E-state index contributed by atoms with van der Waals surface area (Å²) in [4.78, 5) is 59.9. The summed E-state index contributed by atoms with van der Waals surface area (Å²) in [6.45, 7) is 11.4. The average Bonchev–Trinajstić information content (AvgIpc) is 2.75. The summed E-state index contributed by atoms with van der Waals surface area (Å²) >= 11 is 0. The Morgan fingerprint density at radius 1 is 0.600 bits per heavy atom. The van der Waals surface area contributed by atoms with Crippen molar-refractivity contribution in [2.45, 2.75) is 106 Å². The molecule has 0 aromatic rings. The van der Waals surface area contributed by atoms with E-state index in [4.69, 9.17) is 9.78 Å². The van der Waals surface area contributed by atoms with Gasteiger partial charge in [0.15, 0.2) is 0 Å². The summed E-state index contributed by atoms with van der Waals surface area (Å²) in [6, 6.07) is 0. The number of ketones is 2. The van der Waals surface area contributed by atoms with Crippen molar-refractivity contribution in [2.75, 3.05) is 0 Å². The van der Waals surface area contributed by atoms with E-state index >= 15 is 0 Å². The van der Waals surface area contributed by atoms with Gasteiger partial charge in [-0.05, 0) is 25.7 Å². The molecule has 0 rings (SSSR count). The van der Waals surface area contributed by atoms with Crippen LogP contribution in [0.5, 0.6) is 0 Å². The van der Waals surface area contributed by atoms with Gasteiger partial charge in [0, 0.05) is 11.8 Å². The molecule has 0 bridgehead atoms. The van der Waals surface area contributed by atoms with E-state index in [9.17, 15) is 19.2 Å². The molecule has 0 heterocycles. The van der Waals surface area contributed by atoms with Gasteiger partial charge in [0.25, 0.3) is 0 Å². The lowest BCUT2D eigenvalue weighted by molar-refractivity contribution is -0.264. The number of unbranched alkanes of at least 4 members (excludes halogenated alkanes) is 4. The highest BCUT2D eigenvalue weighted by Gasteiger charge is 2.35. The minimum absolute atomic E-state index is 0.190. The molecule has 0 saturated heterocycles. The van der Waals surface area contributed by atoms with Crippen molar-refractivity contribution < 1.29 is 29.0 Å². The van der Waals surface area contributed by atoms with Crippen LogP contribution in [0.25, 0.3) is 0 Å². The van der Waals surface area contributed by atoms with Crippen LogP contribution in [0, 0.1) is 23.7 Å². The highest BCUT2D eigenvalue weighted by atomic mass is 17.2. The zero-order chi connectivity index (χ0) is 23.1. The smallest absolute Gasteiger partial charge is 0.298 e. The standard InChI is InChI=1S/C24H42O6/c1-7-11-13-15-19(21(25)17(5)9-3)23(27)29-30-24(28)20(16-14-12-8-2)22(26)18(6)10-4/h17-20H,7-16H2,1-6H3. The molecule has 0 aliphatic rings. The first-order valence-electron chi connectivity index (χ1n) is 11.7. The van der Waals surface area contributed by atoms with Crippen molar-refractivity contribution in [1.82, 2.24) is 0 Å². The van der Waals surface area contributed by atoms with Gasteiger partial charge in [0.05, 0.1) is 0 Å². The molecule has 0 saturated carbocycles. The number of hydrogen-bond donors (Lipinski definition) is 0. The van der Waals surface area contributed by atoms with E-state index < -0.39 is 23.8 Å². The maximum atomic E-state index is 12.6. The fraction of sp³-hybridized carbons (Fsp3) is 0.833. The van der Waals surface area contributed by atoms with Crippen molar-refractivity contribution in [1.29, 1.82) is 0 Å². The minimum Gasteiger partial charge on any atom is -0.298 e. The Hall–Kier alpha value is -1.72. The van der Waals surface area contributed by atoms with Gasteiger partial charge >= 0.3 is 11.9 Å². The second kappa shape index (κ2) is 16.0. The van der Waals surface area contributed by atoms with E-state index in [1.807, 2.05) is 27.7 Å². The van der Waals surface area contributed by atoms with Crippen LogP contribution >= 0.6 is 0 Å². The number of carbonyl (C=O) groups excluding carboxylic acids is 4. The normalized spacial score (nSPS) is 15.0. The summed E-state index contributed by atoms with van der Waals surface area (Å²) in [6.07, 6.45) is 7.17. The van der Waals surface area contributed by atoms with Gasteiger partial charge in [0.2, 0.25) is 0 Å². The van der Waals surface area contributed by atoms with Crippen LogP contribution in [0.2, 0.25) is 0 Å². The predicted octanol–water partition coefficient (Wildman–Crippen LogP) is 5.61. The molecule has 6 nitrogen and oxygen atoms in total. The molecule has 0 aromatic heterocycles. The molecule has 0 radical (unpaired) electrons. The Labute approximate surface area is 182 Å². The monoisotopic (exact) mass is 426 g/mol. The molecule has 0 aromatic carbocycles. The fourth-order valence-electron chi connectivity index (χ4n) is 3.24. The van der Waals surface area contributed by atoms with Crippen LogP contribution in [0.15, 0.2) is 0 Å². The predicted molar refractivity (Wildman–Crippen MR) is 116 cm³/mol. The molecule has 30 heavy (non-hydrogen) atoms. The SMILES string of the molecule is CCCCCC(C(=O)OOC(=O)C(CCCCC)C(=O)C(C)CC)C(=O)C(C)CC. The third-order valence-electron chi connectivity index (χ3n) is 5.85. The van der Waals surface area contributed by atoms with Crippen LogP contribution in [-0.4, -0.2) is 23.5 Å². The summed E-state index contributed by atoms with van der Waals surface area (Å²) in [5.41, 5.74) is 0. The summed E-state index contributed by atoms with van der Waals surface area (Å²) in [5.74, 6) is -4.48. The highest BCUT2D eigenvalue weighted by molar-refractivity contribution is 6.01. The first-order valence-corrected chi connectivity index (χ1v) is 11.7. The Kier molecular flexibility index (Phi) is 15.1. The van der Waals surface area contributed by atoms with Crippen LogP contribution in [-0.2, 0) is 29.0 Å². The molecule has 0 N–H and O–H groups in total. The fourth-order valence-corrected chi connectivity index (χ4v) is 3.24. The number of carbonyl (C=O) groups is 4. The van der Waals surface area contributed by atoms with Crippen molar-refractivity contribution in [2.24, 2.45) is 23.7 Å². The zero-order valence-electron chi connectivity index (χ0n) is 19.8. The van der Waals surface area contributed by atoms with Crippen molar-refractivity contribution in [3.63, 3.8) is 0 Å². The topological polar surface area (TPSA) is 86.7 Å². The lowest BCUT2D eigenvalue weighted by Crippen LogP contribution is -2.34. The number of Topliss-reactive ketones (excluding diaryl/α,β-unsaturated/α-hetero) is 2. The molecule has 0 spiro atoms. The molecule has 4 unspecified atom stereocenters. The largest absolute Gasteiger partial charge is 0.365 e. The van der Waals surface area contributed by atoms with Gasteiger partial charge in [0.1, 0.15) is 23.4 Å². The first-order chi connectivity index (χ1) is 14.2. The van der Waals surface area contributed by atoms with E-state index in [0.717, 1.165) is 38.5 Å². The molecule has 6 heteroatoms. The maximum absolute atomic E-state index is 12.6. The summed E-state index contributed by atoms with van der Waals surface area (Å²) in [5, 5.41) is 0. The molecule has 0 fully saturated rings. The van der Waals surface area contributed by atoms with Crippen molar-refractivity contribution >= 4 is 23.5 Å². The second-order valence-electron chi connectivity index (χ2n) is 8.32. The minimum atomic E-state index is -0.942. The van der Waals surface area contributed by atoms with Crippen molar-refractivity contribution in [3.8, 4) is 0 Å². The van der Waals surface area contributed by atoms with Gasteiger partial charge in [-0.2, -0.15) is 0 Å². The van der Waals surface area contributed by atoms with Gasteiger partial charge in [-0.15, -0.1) is 0 Å². The van der Waals surface area contributed by atoms with Gasteiger partial charge in [-0.1, -0.05) is 80.1 Å². The van der Waals surface area contributed by atoms with E-state index in [1.165, 1.54) is 0 Å². The Bertz CT molecular complexity index is 494. The second-order valence-corrected chi connectivity index (χ2v) is 8.32. The quantitative estimate of drug-likeness (QED) is 0.138. The number of hydrogen-bond acceptors (Lipinski definition) is 6. The zero-order valence-corrected chi connectivity index (χ0v) is 19.8. The van der Waals surface area contributed by atoms with Crippen LogP contribution in [0.3, 0.4) is 0 Å². The summed E-state index contributed by atoms with van der Waals surface area (Å²) in [7, 11) is 0. The van der Waals surface area contributed by atoms with Crippen LogP contribution < -0.4 is 0 Å². The lowest BCUT2D eigenvalue weighted by Gasteiger charge is -2.19.